The van der Waals surface area contributed by atoms with Gasteiger partial charge in [0, 0.05) is 30.1 Å². The number of fused-ring (bicyclic) bond motifs is 2. The molecular formula is C25H28FN3O5S. The average Bonchev–Trinajstić information content (AvgIpc) is 3.40. The fraction of sp³-hybridized carbons (Fsp3) is 0.360. The van der Waals surface area contributed by atoms with Crippen LogP contribution in [0.25, 0.3) is 22.0 Å². The zero-order valence-electron chi connectivity index (χ0n) is 19.9. The topological polar surface area (TPSA) is 104 Å². The van der Waals surface area contributed by atoms with E-state index in [1.54, 1.807) is 49.5 Å². The monoisotopic (exact) mass is 501 g/mol. The van der Waals surface area contributed by atoms with Crippen molar-refractivity contribution in [1.29, 1.82) is 0 Å². The summed E-state index contributed by atoms with van der Waals surface area (Å²) in [5.41, 5.74) is 1.82. The molecule has 3 heterocycles. The van der Waals surface area contributed by atoms with Crippen LogP contribution in [-0.4, -0.2) is 48.2 Å². The van der Waals surface area contributed by atoms with Crippen molar-refractivity contribution in [1.82, 2.24) is 14.2 Å². The van der Waals surface area contributed by atoms with E-state index in [2.05, 4.69) is 5.32 Å². The summed E-state index contributed by atoms with van der Waals surface area (Å²) < 4.78 is 44.7. The minimum atomic E-state index is -3.27. The molecule has 2 atom stereocenters. The van der Waals surface area contributed by atoms with E-state index in [9.17, 15) is 23.1 Å². The van der Waals surface area contributed by atoms with Crippen LogP contribution < -0.4 is 5.32 Å². The first-order chi connectivity index (χ1) is 16.4. The fourth-order valence-electron chi connectivity index (χ4n) is 4.95. The van der Waals surface area contributed by atoms with Crippen molar-refractivity contribution in [3.8, 4) is 11.1 Å². The van der Waals surface area contributed by atoms with Gasteiger partial charge >= 0.3 is 6.09 Å². The van der Waals surface area contributed by atoms with Gasteiger partial charge in [-0.2, -0.15) is 4.31 Å². The first kappa shape index (κ1) is 23.8. The Balaban J connectivity index is 1.60. The summed E-state index contributed by atoms with van der Waals surface area (Å²) in [5, 5.41) is 3.42. The maximum absolute atomic E-state index is 14.1. The first-order valence-corrected chi connectivity index (χ1v) is 12.9. The molecule has 10 heteroatoms. The SMILES string of the molecule is CC1c2cc(-c3cn(C(=O)OC(C)(C)C)c4cc(F)ccc34)ccc2S(O)(O)N1C1CNC(=O)C1. The number of halogens is 1. The molecule has 0 spiro atoms. The van der Waals surface area contributed by atoms with Crippen LogP contribution in [0.4, 0.5) is 9.18 Å². The van der Waals surface area contributed by atoms with Gasteiger partial charge in [-0.3, -0.25) is 18.5 Å². The summed E-state index contributed by atoms with van der Waals surface area (Å²) in [6, 6.07) is 8.90. The standard InChI is InChI=1S/C25H28FN3O5S/c1-14-19-9-15(5-8-22(19)35(32,33)29(14)17-11-23(30)27-12-17)20-13-28(24(31)34-25(2,3)4)21-10-16(26)6-7-18(20)21/h5-10,13-14,17,32-33H,11-12H2,1-4H3,(H,27,30). The quantitative estimate of drug-likeness (QED) is 0.427. The maximum Gasteiger partial charge on any atom is 0.419 e. The molecule has 35 heavy (non-hydrogen) atoms. The van der Waals surface area contributed by atoms with Gasteiger partial charge in [0.15, 0.2) is 0 Å². The Kier molecular flexibility index (Phi) is 5.48. The summed E-state index contributed by atoms with van der Waals surface area (Å²) >= 11 is 0. The Morgan fingerprint density at radius 3 is 2.60 bits per heavy atom. The Morgan fingerprint density at radius 1 is 1.20 bits per heavy atom. The zero-order valence-corrected chi connectivity index (χ0v) is 20.7. The smallest absolute Gasteiger partial charge is 0.419 e. The number of carbonyl (C=O) groups excluding carboxylic acids is 2. The fourth-order valence-corrected chi connectivity index (χ4v) is 7.09. The molecule has 0 bridgehead atoms. The number of aromatic nitrogens is 1. The summed E-state index contributed by atoms with van der Waals surface area (Å²) in [6.07, 6.45) is 1.21. The number of hydrogen-bond acceptors (Lipinski definition) is 6. The van der Waals surface area contributed by atoms with E-state index in [0.717, 1.165) is 11.1 Å². The highest BCUT2D eigenvalue weighted by Crippen LogP contribution is 2.64. The molecule has 2 aliphatic heterocycles. The van der Waals surface area contributed by atoms with Gasteiger partial charge in [0.1, 0.15) is 11.4 Å². The normalized spacial score (nSPS) is 22.8. The van der Waals surface area contributed by atoms with Crippen LogP contribution in [0.1, 0.15) is 45.7 Å². The Hall–Kier alpha value is -2.92. The minimum Gasteiger partial charge on any atom is -0.443 e. The van der Waals surface area contributed by atoms with Gasteiger partial charge in [0.05, 0.1) is 22.5 Å². The van der Waals surface area contributed by atoms with Crippen molar-refractivity contribution < 1.29 is 27.8 Å². The van der Waals surface area contributed by atoms with Gasteiger partial charge < -0.3 is 10.1 Å². The van der Waals surface area contributed by atoms with Crippen LogP contribution in [0, 0.1) is 5.82 Å². The van der Waals surface area contributed by atoms with Gasteiger partial charge in [-0.15, -0.1) is 10.8 Å². The number of carbonyl (C=O) groups is 2. The van der Waals surface area contributed by atoms with Crippen molar-refractivity contribution in [3.63, 3.8) is 0 Å². The average molecular weight is 502 g/mol. The highest BCUT2D eigenvalue weighted by atomic mass is 32.3. The predicted molar refractivity (Wildman–Crippen MR) is 132 cm³/mol. The number of rotatable bonds is 2. The third-order valence-electron chi connectivity index (χ3n) is 6.42. The molecule has 3 N–H and O–H groups in total. The predicted octanol–water partition coefficient (Wildman–Crippen LogP) is 5.52. The molecule has 1 amide bonds. The number of benzene rings is 2. The third-order valence-corrected chi connectivity index (χ3v) is 8.58. The second-order valence-corrected chi connectivity index (χ2v) is 11.9. The molecule has 2 aromatic carbocycles. The molecule has 1 fully saturated rings. The second kappa shape index (κ2) is 8.06. The van der Waals surface area contributed by atoms with E-state index >= 15 is 0 Å². The van der Waals surface area contributed by atoms with E-state index in [1.807, 2.05) is 13.0 Å². The first-order valence-electron chi connectivity index (χ1n) is 11.4. The summed E-state index contributed by atoms with van der Waals surface area (Å²) in [4.78, 5) is 25.1. The molecular weight excluding hydrogens is 473 g/mol. The van der Waals surface area contributed by atoms with Gasteiger partial charge in [-0.1, -0.05) is 6.07 Å². The molecule has 2 aliphatic rings. The van der Waals surface area contributed by atoms with Crippen molar-refractivity contribution in [3.05, 3.63) is 54.0 Å². The van der Waals surface area contributed by atoms with Gasteiger partial charge in [-0.05, 0) is 69.2 Å². The molecule has 0 aliphatic carbocycles. The van der Waals surface area contributed by atoms with Crippen LogP contribution in [0.3, 0.4) is 0 Å². The maximum atomic E-state index is 14.1. The molecule has 186 valence electrons. The van der Waals surface area contributed by atoms with Gasteiger partial charge in [0.25, 0.3) is 0 Å². The van der Waals surface area contributed by atoms with Crippen molar-refractivity contribution in [2.24, 2.45) is 0 Å². The summed E-state index contributed by atoms with van der Waals surface area (Å²) in [7, 11) is -3.27. The van der Waals surface area contributed by atoms with Crippen molar-refractivity contribution in [2.75, 3.05) is 6.54 Å². The second-order valence-electron chi connectivity index (χ2n) is 10.0. The molecule has 3 aromatic rings. The number of nitrogens with zero attached hydrogens (tertiary/aromatic N) is 2. The van der Waals surface area contributed by atoms with E-state index in [-0.39, 0.29) is 24.4 Å². The van der Waals surface area contributed by atoms with Crippen LogP contribution in [0.2, 0.25) is 0 Å². The van der Waals surface area contributed by atoms with Crippen LogP contribution in [0.5, 0.6) is 0 Å². The highest BCUT2D eigenvalue weighted by Gasteiger charge is 2.46. The molecule has 5 rings (SSSR count). The largest absolute Gasteiger partial charge is 0.443 e. The lowest BCUT2D eigenvalue weighted by atomic mass is 9.99. The molecule has 2 unspecified atom stereocenters. The van der Waals surface area contributed by atoms with E-state index in [0.29, 0.717) is 27.9 Å². The third kappa shape index (κ3) is 4.00. The number of ether oxygens (including phenoxy) is 1. The van der Waals surface area contributed by atoms with Crippen molar-refractivity contribution in [2.45, 2.75) is 56.7 Å². The van der Waals surface area contributed by atoms with Gasteiger partial charge in [0.2, 0.25) is 5.91 Å². The lowest BCUT2D eigenvalue weighted by molar-refractivity contribution is -0.119. The Labute approximate surface area is 204 Å². The Bertz CT molecular complexity index is 1360. The van der Waals surface area contributed by atoms with Crippen molar-refractivity contribution >= 4 is 33.7 Å². The number of amides is 1. The van der Waals surface area contributed by atoms with Crippen LogP contribution in [0.15, 0.2) is 47.5 Å². The Morgan fingerprint density at radius 2 is 1.94 bits per heavy atom. The summed E-state index contributed by atoms with van der Waals surface area (Å²) in [6.45, 7) is 7.52. The molecule has 8 nitrogen and oxygen atoms in total. The van der Waals surface area contributed by atoms with Gasteiger partial charge in [-0.25, -0.2) is 9.18 Å². The molecule has 0 saturated carbocycles. The molecule has 1 saturated heterocycles. The van der Waals surface area contributed by atoms with Crippen LogP contribution >= 0.6 is 10.8 Å². The van der Waals surface area contributed by atoms with E-state index in [1.165, 1.54) is 16.7 Å². The summed E-state index contributed by atoms with van der Waals surface area (Å²) in [5.74, 6) is -0.588. The molecule has 0 radical (unpaired) electrons. The lowest BCUT2D eigenvalue weighted by Crippen LogP contribution is -2.36. The van der Waals surface area contributed by atoms with Crippen LogP contribution in [-0.2, 0) is 9.53 Å². The van der Waals surface area contributed by atoms with E-state index in [4.69, 9.17) is 4.74 Å². The number of hydrogen-bond donors (Lipinski definition) is 3. The lowest BCUT2D eigenvalue weighted by Gasteiger charge is -2.42. The minimum absolute atomic E-state index is 0.115. The number of nitrogens with one attached hydrogen (secondary N) is 1. The highest BCUT2D eigenvalue weighted by molar-refractivity contribution is 8.22. The van der Waals surface area contributed by atoms with E-state index < -0.39 is 28.3 Å². The zero-order chi connectivity index (χ0) is 25.3. The molecule has 1 aromatic heterocycles.